The predicted octanol–water partition coefficient (Wildman–Crippen LogP) is 4.82. The lowest BCUT2D eigenvalue weighted by Gasteiger charge is -2.45. The van der Waals surface area contributed by atoms with Crippen LogP contribution < -0.4 is 32.2 Å². The second kappa shape index (κ2) is 15.0. The molecule has 7 aromatic rings. The molecule has 5 unspecified atom stereocenters. The van der Waals surface area contributed by atoms with Crippen LogP contribution in [-0.2, 0) is 14.4 Å². The summed E-state index contributed by atoms with van der Waals surface area (Å²) < 4.78 is 17.5. The number of nitrogens with zero attached hydrogens (tertiary/aromatic N) is 6. The normalized spacial score (nSPS) is 21.5. The number of aromatic nitrogens is 6. The number of hydrogen-bond acceptors (Lipinski definition) is 9. The first-order valence-electron chi connectivity index (χ1n) is 21.9. The molecule has 5 atom stereocenters. The summed E-state index contributed by atoms with van der Waals surface area (Å²) >= 11 is 0. The Labute approximate surface area is 375 Å². The van der Waals surface area contributed by atoms with E-state index in [-0.39, 0.29) is 52.6 Å². The Morgan fingerprint density at radius 3 is 1.67 bits per heavy atom. The van der Waals surface area contributed by atoms with Crippen LogP contribution in [0.4, 0.5) is 0 Å². The third kappa shape index (κ3) is 5.72. The molecule has 332 valence electrons. The van der Waals surface area contributed by atoms with Crippen molar-refractivity contribution in [1.29, 1.82) is 0 Å². The van der Waals surface area contributed by atoms with E-state index >= 15 is 0 Å². The molecule has 2 bridgehead atoms. The Morgan fingerprint density at radius 1 is 0.636 bits per heavy atom. The molecular weight excluding hydrogens is 843 g/mol. The predicted molar refractivity (Wildman–Crippen MR) is 240 cm³/mol. The van der Waals surface area contributed by atoms with Gasteiger partial charge in [0, 0.05) is 23.5 Å². The summed E-state index contributed by atoms with van der Waals surface area (Å²) in [5.41, 5.74) is 1.93. The quantitative estimate of drug-likeness (QED) is 0.121. The van der Waals surface area contributed by atoms with Crippen molar-refractivity contribution >= 4 is 17.8 Å². The van der Waals surface area contributed by atoms with Gasteiger partial charge in [-0.2, -0.15) is 4.68 Å². The summed E-state index contributed by atoms with van der Waals surface area (Å²) in [6.07, 6.45) is 0.0887. The van der Waals surface area contributed by atoms with E-state index in [4.69, 9.17) is 9.47 Å². The van der Waals surface area contributed by atoms with Gasteiger partial charge >= 0.3 is 28.7 Å². The van der Waals surface area contributed by atoms with Crippen molar-refractivity contribution in [1.82, 2.24) is 33.2 Å². The maximum absolute atomic E-state index is 14.9. The standard InChI is InChI=1S/C50H43N7O9/c1-26(2)23-36(54-44(58)41-39-30-19-11-12-20-31(30)40(42(41)45(54)59)33-22-14-13-21-32(33)39)46(60)66-38-25-35-34(24-37(38)65-4)43(55-48(62)52(47(61)51-55)28-15-7-5-8-16-28)27(3)56-49(63)53(50(64)57(35)56)29-17-9-6-10-18-29/h5-22,24-27,36,39-43H,23H2,1-4H3,(H,51,61). The Morgan fingerprint density at radius 2 is 1.15 bits per heavy atom. The van der Waals surface area contributed by atoms with Crippen LogP contribution in [0.3, 0.4) is 0 Å². The van der Waals surface area contributed by atoms with Gasteiger partial charge in [-0.05, 0) is 71.8 Å². The summed E-state index contributed by atoms with van der Waals surface area (Å²) in [7, 11) is 1.35. The summed E-state index contributed by atoms with van der Waals surface area (Å²) in [5, 5.41) is 2.66. The summed E-state index contributed by atoms with van der Waals surface area (Å²) in [4.78, 5) is 103. The molecule has 2 amide bonds. The van der Waals surface area contributed by atoms with E-state index in [1.807, 2.05) is 62.4 Å². The summed E-state index contributed by atoms with van der Waals surface area (Å²) in [6.45, 7) is 5.41. The minimum absolute atomic E-state index is 0.00325. The molecule has 2 aromatic heterocycles. The molecule has 66 heavy (non-hydrogen) atoms. The van der Waals surface area contributed by atoms with Gasteiger partial charge in [0.25, 0.3) is 0 Å². The number of para-hydroxylation sites is 2. The minimum atomic E-state index is -1.34. The molecule has 0 radical (unpaired) electrons. The molecule has 0 spiro atoms. The lowest BCUT2D eigenvalue weighted by atomic mass is 9.55. The lowest BCUT2D eigenvalue weighted by Crippen LogP contribution is -2.48. The largest absolute Gasteiger partial charge is 0.493 e. The van der Waals surface area contributed by atoms with Crippen LogP contribution >= 0.6 is 0 Å². The molecule has 3 aliphatic carbocycles. The van der Waals surface area contributed by atoms with E-state index in [9.17, 15) is 33.6 Å². The van der Waals surface area contributed by atoms with Gasteiger partial charge in [-0.25, -0.2) is 47.6 Å². The highest BCUT2D eigenvalue weighted by Gasteiger charge is 2.63. The van der Waals surface area contributed by atoms with Crippen LogP contribution in [0.2, 0.25) is 0 Å². The SMILES string of the molecule is COc1cc2c(cc1OC(=O)C(CC(C)C)N1C(=O)C3C4c5ccccc5C(c5ccccc54)C3C1=O)-n1c(=O)n(-c3ccccc3)c(=O)n1C(C)C2n1[nH]c(=O)n(-c2ccccc2)c1=O. The molecule has 16 heteroatoms. The van der Waals surface area contributed by atoms with Gasteiger partial charge in [0.15, 0.2) is 11.5 Å². The van der Waals surface area contributed by atoms with Crippen molar-refractivity contribution < 1.29 is 23.9 Å². The van der Waals surface area contributed by atoms with Crippen molar-refractivity contribution in [2.24, 2.45) is 17.8 Å². The first-order chi connectivity index (χ1) is 31.9. The highest BCUT2D eigenvalue weighted by Crippen LogP contribution is 2.61. The highest BCUT2D eigenvalue weighted by molar-refractivity contribution is 6.10. The molecule has 5 aromatic carbocycles. The number of carbonyl (C=O) groups is 3. The second-order valence-electron chi connectivity index (χ2n) is 17.8. The van der Waals surface area contributed by atoms with Crippen LogP contribution in [0.25, 0.3) is 17.1 Å². The number of carbonyl (C=O) groups excluding carboxylic acids is 3. The van der Waals surface area contributed by atoms with Crippen molar-refractivity contribution in [3.8, 4) is 28.6 Å². The molecule has 2 aliphatic heterocycles. The zero-order valence-electron chi connectivity index (χ0n) is 36.2. The van der Waals surface area contributed by atoms with E-state index in [0.717, 1.165) is 45.7 Å². The number of likely N-dealkylation sites (tertiary alicyclic amines) is 1. The van der Waals surface area contributed by atoms with Gasteiger partial charge in [0.05, 0.1) is 42.0 Å². The van der Waals surface area contributed by atoms with Crippen molar-refractivity contribution in [3.63, 3.8) is 0 Å². The average molecular weight is 886 g/mol. The van der Waals surface area contributed by atoms with Gasteiger partial charge in [-0.1, -0.05) is 98.8 Å². The first-order valence-corrected chi connectivity index (χ1v) is 21.9. The Balaban J connectivity index is 1.03. The molecule has 0 saturated carbocycles. The van der Waals surface area contributed by atoms with Crippen LogP contribution in [-0.4, -0.2) is 64.1 Å². The Kier molecular flexibility index (Phi) is 9.28. The number of benzene rings is 5. The summed E-state index contributed by atoms with van der Waals surface area (Å²) in [6, 6.07) is 31.9. The number of hydrogen-bond donors (Lipinski definition) is 1. The van der Waals surface area contributed by atoms with Gasteiger partial charge in [0.2, 0.25) is 11.8 Å². The first kappa shape index (κ1) is 40.7. The second-order valence-corrected chi connectivity index (χ2v) is 17.8. The number of methoxy groups -OCH3 is 1. The molecule has 1 saturated heterocycles. The number of rotatable bonds is 9. The van der Waals surface area contributed by atoms with Crippen LogP contribution in [0.5, 0.6) is 11.5 Å². The van der Waals surface area contributed by atoms with Crippen molar-refractivity contribution in [2.45, 2.75) is 57.2 Å². The lowest BCUT2D eigenvalue weighted by molar-refractivity contribution is -0.154. The number of H-pyrrole nitrogens is 1. The van der Waals surface area contributed by atoms with E-state index in [0.29, 0.717) is 5.69 Å². The number of esters is 1. The number of amides is 2. The van der Waals surface area contributed by atoms with Gasteiger partial charge in [0.1, 0.15) is 12.1 Å². The maximum Gasteiger partial charge on any atom is 0.356 e. The van der Waals surface area contributed by atoms with Gasteiger partial charge < -0.3 is 9.47 Å². The maximum atomic E-state index is 14.9. The van der Waals surface area contributed by atoms with Gasteiger partial charge in [-0.15, -0.1) is 0 Å². The fraction of sp³-hybridized carbons (Fsp3) is 0.260. The Bertz CT molecular complexity index is 3300. The third-order valence-corrected chi connectivity index (χ3v) is 13.8. The van der Waals surface area contributed by atoms with Crippen molar-refractivity contribution in [3.05, 3.63) is 191 Å². The van der Waals surface area contributed by atoms with E-state index < -0.39 is 70.5 Å². The molecule has 12 rings (SSSR count). The topological polar surface area (TPSA) is 182 Å². The Hall–Kier alpha value is -8.01. The third-order valence-electron chi connectivity index (χ3n) is 13.8. The van der Waals surface area contributed by atoms with Crippen LogP contribution in [0, 0.1) is 17.8 Å². The molecule has 5 aliphatic rings. The van der Waals surface area contributed by atoms with E-state index in [1.165, 1.54) is 23.9 Å². The van der Waals surface area contributed by atoms with E-state index in [1.54, 1.807) is 67.6 Å². The van der Waals surface area contributed by atoms with Crippen LogP contribution in [0.15, 0.2) is 141 Å². The number of aromatic amines is 1. The number of nitrogens with one attached hydrogen (secondary N) is 1. The van der Waals surface area contributed by atoms with Crippen LogP contribution in [0.1, 0.15) is 78.9 Å². The zero-order valence-corrected chi connectivity index (χ0v) is 36.2. The molecule has 4 heterocycles. The molecular formula is C50H43N7O9. The monoisotopic (exact) mass is 885 g/mol. The van der Waals surface area contributed by atoms with Gasteiger partial charge in [-0.3, -0.25) is 14.5 Å². The summed E-state index contributed by atoms with van der Waals surface area (Å²) in [5.74, 6) is -4.35. The molecule has 1 fully saturated rings. The minimum Gasteiger partial charge on any atom is -0.493 e. The average Bonchev–Trinajstić information content (AvgIpc) is 3.88. The molecule has 16 nitrogen and oxygen atoms in total. The number of fused-ring (bicyclic) bond motifs is 3. The highest BCUT2D eigenvalue weighted by atomic mass is 16.6. The molecule has 1 N–H and O–H groups in total. The number of imide groups is 1. The van der Waals surface area contributed by atoms with Crippen molar-refractivity contribution in [2.75, 3.05) is 7.11 Å². The number of ether oxygens (including phenoxy) is 2. The fourth-order valence-electron chi connectivity index (χ4n) is 11.1. The van der Waals surface area contributed by atoms with E-state index in [2.05, 4.69) is 5.10 Å². The smallest absolute Gasteiger partial charge is 0.356 e. The fourth-order valence-corrected chi connectivity index (χ4v) is 11.1. The zero-order chi connectivity index (χ0) is 45.9.